The summed E-state index contributed by atoms with van der Waals surface area (Å²) in [5, 5.41) is 12.3. The number of nitrogens with one attached hydrogen (secondary N) is 1. The van der Waals surface area contributed by atoms with Gasteiger partial charge in [0, 0.05) is 16.3 Å². The van der Waals surface area contributed by atoms with Crippen LogP contribution in [-0.2, 0) is 18.3 Å². The van der Waals surface area contributed by atoms with E-state index in [1.54, 1.807) is 30.3 Å². The second kappa shape index (κ2) is 10.9. The molecule has 0 radical (unpaired) electrons. The van der Waals surface area contributed by atoms with E-state index in [9.17, 15) is 19.4 Å². The molecule has 1 aliphatic heterocycles. The third kappa shape index (κ3) is 5.55. The summed E-state index contributed by atoms with van der Waals surface area (Å²) in [6.45, 7) is 9.51. The molecule has 0 spiro atoms. The lowest BCUT2D eigenvalue weighted by Crippen LogP contribution is -2.49. The molecule has 3 heterocycles. The van der Waals surface area contributed by atoms with E-state index in [1.807, 2.05) is 33.9 Å². The minimum Gasteiger partial charge on any atom is -0.406 e. The van der Waals surface area contributed by atoms with Crippen LogP contribution in [0.4, 0.5) is 10.2 Å². The van der Waals surface area contributed by atoms with Crippen LogP contribution in [0.1, 0.15) is 37.4 Å². The molecule has 11 nitrogen and oxygen atoms in total. The topological polar surface area (TPSA) is 145 Å². The van der Waals surface area contributed by atoms with Gasteiger partial charge in [-0.15, -0.1) is 9.42 Å². The summed E-state index contributed by atoms with van der Waals surface area (Å²) in [6, 6.07) is 8.42. The highest BCUT2D eigenvalue weighted by Gasteiger charge is 2.54. The lowest BCUT2D eigenvalue weighted by molar-refractivity contribution is -0.0486. The van der Waals surface area contributed by atoms with Crippen LogP contribution in [-0.4, -0.2) is 63.7 Å². The highest BCUT2D eigenvalue weighted by molar-refractivity contribution is 7.32. The number of aliphatic hydroxyl groups excluding tert-OH is 1. The Morgan fingerprint density at radius 1 is 1.24 bits per heavy atom. The molecule has 0 aliphatic carbocycles. The first-order valence-corrected chi connectivity index (χ1v) is 16.0. The summed E-state index contributed by atoms with van der Waals surface area (Å²) >= 11 is 0. The van der Waals surface area contributed by atoms with Gasteiger partial charge in [-0.25, -0.2) is 14.4 Å². The predicted octanol–water partition coefficient (Wildman–Crippen LogP) is 4.14. The number of rotatable bonds is 8. The van der Waals surface area contributed by atoms with E-state index < -0.39 is 59.4 Å². The monoisotopic (exact) mass is 565 g/mol. The molecule has 5 atom stereocenters. The smallest absolute Gasteiger partial charge is 0.406 e. The Morgan fingerprint density at radius 3 is 2.53 bits per heavy atom. The van der Waals surface area contributed by atoms with Gasteiger partial charge in [0.25, 0.3) is 5.91 Å². The molecule has 14 heteroatoms. The number of fused-ring (bicyclic) bond motifs is 1. The molecule has 3 N–H and O–H groups in total. The van der Waals surface area contributed by atoms with Crippen molar-refractivity contribution in [3.05, 3.63) is 54.2 Å². The second-order valence-electron chi connectivity index (χ2n) is 10.5. The highest BCUT2D eigenvalue weighted by Crippen LogP contribution is 2.45. The third-order valence-corrected chi connectivity index (χ3v) is 11.9. The fourth-order valence-electron chi connectivity index (χ4n) is 4.05. The molecule has 1 aromatic carbocycles. The van der Waals surface area contributed by atoms with Gasteiger partial charge in [-0.05, 0) is 30.3 Å². The van der Waals surface area contributed by atoms with E-state index in [1.165, 1.54) is 10.9 Å². The molecule has 4 rings (SSSR count). The Labute approximate surface area is 221 Å². The van der Waals surface area contributed by atoms with Crippen molar-refractivity contribution in [3.63, 3.8) is 0 Å². The normalized spacial score (nSPS) is 22.6. The van der Waals surface area contributed by atoms with E-state index >= 15 is 4.39 Å². The maximum absolute atomic E-state index is 15.4. The first-order valence-electron chi connectivity index (χ1n) is 12.0. The Kier molecular flexibility index (Phi) is 8.10. The van der Waals surface area contributed by atoms with Crippen LogP contribution in [0.5, 0.6) is 0 Å². The average Bonchev–Trinajstić information content (AvgIpc) is 3.36. The average molecular weight is 566 g/mol. The van der Waals surface area contributed by atoms with Crippen molar-refractivity contribution in [2.75, 3.05) is 11.9 Å². The summed E-state index contributed by atoms with van der Waals surface area (Å²) in [7, 11) is -5.58. The molecular weight excluding hydrogens is 534 g/mol. The number of benzene rings is 1. The number of carbonyl (C=O) groups is 1. The van der Waals surface area contributed by atoms with Gasteiger partial charge >= 0.3 is 8.25 Å². The summed E-state index contributed by atoms with van der Waals surface area (Å²) in [6.07, 6.45) is -1.88. The molecular formula is C24H31FN4O7PSi+. The first-order chi connectivity index (χ1) is 17.8. The van der Waals surface area contributed by atoms with Gasteiger partial charge < -0.3 is 24.2 Å². The van der Waals surface area contributed by atoms with Crippen LogP contribution >= 0.6 is 8.25 Å². The van der Waals surface area contributed by atoms with Crippen molar-refractivity contribution in [1.29, 1.82) is 0 Å². The van der Waals surface area contributed by atoms with Gasteiger partial charge in [-0.1, -0.05) is 39.0 Å². The third-order valence-electron chi connectivity index (χ3n) is 7.02. The zero-order valence-corrected chi connectivity index (χ0v) is 23.6. The number of ether oxygens (including phenoxy) is 1. The lowest BCUT2D eigenvalue weighted by atomic mass is 10.1. The van der Waals surface area contributed by atoms with Crippen LogP contribution in [0.3, 0.4) is 0 Å². The van der Waals surface area contributed by atoms with Gasteiger partial charge in [-0.3, -0.25) is 4.79 Å². The van der Waals surface area contributed by atoms with Crippen molar-refractivity contribution in [2.45, 2.75) is 63.4 Å². The molecule has 1 fully saturated rings. The predicted molar refractivity (Wildman–Crippen MR) is 140 cm³/mol. The van der Waals surface area contributed by atoms with Crippen LogP contribution in [0.2, 0.25) is 18.1 Å². The van der Waals surface area contributed by atoms with E-state index in [2.05, 4.69) is 15.3 Å². The number of aliphatic hydroxyl groups is 1. The number of carbonyl (C=O) groups excluding carboxylic acids is 1. The lowest BCUT2D eigenvalue weighted by Gasteiger charge is -2.40. The van der Waals surface area contributed by atoms with Crippen molar-refractivity contribution >= 4 is 39.3 Å². The van der Waals surface area contributed by atoms with E-state index in [4.69, 9.17) is 13.7 Å². The molecule has 38 heavy (non-hydrogen) atoms. The molecule has 1 aliphatic rings. The van der Waals surface area contributed by atoms with Crippen molar-refractivity contribution < 1.29 is 37.4 Å². The first kappa shape index (κ1) is 28.4. The summed E-state index contributed by atoms with van der Waals surface area (Å²) in [5.74, 6) is -1.24. The van der Waals surface area contributed by atoms with E-state index in [0.717, 1.165) is 6.20 Å². The number of aromatic nitrogens is 3. The number of hydrogen-bond donors (Lipinski definition) is 3. The van der Waals surface area contributed by atoms with Gasteiger partial charge in [0.15, 0.2) is 32.1 Å². The van der Waals surface area contributed by atoms with Gasteiger partial charge in [0.1, 0.15) is 24.4 Å². The minimum absolute atomic E-state index is 0.0371. The van der Waals surface area contributed by atoms with Gasteiger partial charge in [0.05, 0.1) is 12.0 Å². The van der Waals surface area contributed by atoms with Crippen molar-refractivity contribution in [2.24, 2.45) is 0 Å². The number of halogens is 1. The molecule has 2 aromatic heterocycles. The van der Waals surface area contributed by atoms with Crippen LogP contribution in [0, 0.1) is 5.82 Å². The Hall–Kier alpha value is -2.64. The van der Waals surface area contributed by atoms with Crippen LogP contribution in [0.15, 0.2) is 42.9 Å². The van der Waals surface area contributed by atoms with Crippen molar-refractivity contribution in [1.82, 2.24) is 14.5 Å². The van der Waals surface area contributed by atoms with E-state index in [0.29, 0.717) is 5.56 Å². The SMILES string of the molecule is CC(C)(C)[Si](C)(C)O[C@@H]1[C@H](O[P+](=O)O)[C@@H](CO)O[C@H]1n1cc(F)c2c(NC(=O)c3ccccc3)ncnc21. The zero-order valence-electron chi connectivity index (χ0n) is 21.7. The Morgan fingerprint density at radius 2 is 1.92 bits per heavy atom. The molecule has 1 saturated heterocycles. The molecule has 204 valence electrons. The van der Waals surface area contributed by atoms with Crippen LogP contribution < -0.4 is 5.32 Å². The molecule has 0 saturated carbocycles. The highest BCUT2D eigenvalue weighted by atomic mass is 31.1. The standard InChI is InChI=1S/C24H30FN4O7PSi/c1-24(2,3)38(4,5)36-19-18(35-37(32)33)16(12-30)34-23(19)29-11-15(25)17-20(26-13-27-21(17)29)28-22(31)14-9-7-6-8-10-14/h6-11,13,16,18-19,23,30H,12H2,1-5H3,(H-,26,27,28,31,32,33)/p+1/t16-,18-,19-,23-/m1/s1. The maximum Gasteiger partial charge on any atom is 0.695 e. The molecule has 1 amide bonds. The summed E-state index contributed by atoms with van der Waals surface area (Å²) in [5.41, 5.74) is 0.463. The summed E-state index contributed by atoms with van der Waals surface area (Å²) < 4.78 is 46.3. The van der Waals surface area contributed by atoms with E-state index in [-0.39, 0.29) is 21.9 Å². The van der Waals surface area contributed by atoms with Crippen LogP contribution in [0.25, 0.3) is 11.0 Å². The largest absolute Gasteiger partial charge is 0.695 e. The van der Waals surface area contributed by atoms with Crippen molar-refractivity contribution in [3.8, 4) is 0 Å². The fraction of sp³-hybridized carbons (Fsp3) is 0.458. The Bertz CT molecular complexity index is 1330. The van der Waals surface area contributed by atoms with Gasteiger partial charge in [-0.2, -0.15) is 0 Å². The quantitative estimate of drug-likeness (QED) is 0.271. The zero-order chi connectivity index (χ0) is 27.8. The molecule has 3 aromatic rings. The number of nitrogens with zero attached hydrogens (tertiary/aromatic N) is 3. The fourth-order valence-corrected chi connectivity index (χ4v) is 5.80. The number of hydrogen-bond acceptors (Lipinski definition) is 8. The maximum atomic E-state index is 15.4. The molecule has 0 bridgehead atoms. The minimum atomic E-state index is -3.06. The molecule has 1 unspecified atom stereocenters. The summed E-state index contributed by atoms with van der Waals surface area (Å²) in [4.78, 5) is 30.6. The number of anilines is 1. The Balaban J connectivity index is 1.77. The van der Waals surface area contributed by atoms with Gasteiger partial charge in [0.2, 0.25) is 0 Å². The second-order valence-corrected chi connectivity index (χ2v) is 16.0. The number of amides is 1.